The van der Waals surface area contributed by atoms with E-state index < -0.39 is 0 Å². The van der Waals surface area contributed by atoms with Gasteiger partial charge in [-0.05, 0) is 11.5 Å². The number of rotatable bonds is 9. The fourth-order valence-corrected chi connectivity index (χ4v) is 2.82. The summed E-state index contributed by atoms with van der Waals surface area (Å²) < 4.78 is 2.21. The van der Waals surface area contributed by atoms with Crippen molar-refractivity contribution in [3.8, 4) is 0 Å². The van der Waals surface area contributed by atoms with Crippen LogP contribution in [0.1, 0.15) is 38.1 Å². The van der Waals surface area contributed by atoms with Gasteiger partial charge in [-0.2, -0.15) is 0 Å². The minimum Gasteiger partial charge on any atom is -0.356 e. The van der Waals surface area contributed by atoms with Crippen molar-refractivity contribution in [1.82, 2.24) is 20.2 Å². The number of imidazole rings is 1. The van der Waals surface area contributed by atoms with E-state index in [0.29, 0.717) is 5.92 Å². The zero-order valence-electron chi connectivity index (χ0n) is 16.1. The Morgan fingerprint density at radius 2 is 1.88 bits per heavy atom. The molecule has 1 heterocycles. The third-order valence-corrected chi connectivity index (χ3v) is 4.57. The Hall–Kier alpha value is -1.57. The van der Waals surface area contributed by atoms with Crippen LogP contribution in [0.2, 0.25) is 0 Å². The molecule has 0 unspecified atom stereocenters. The molecule has 2 rings (SSSR count). The molecule has 0 atom stereocenters. The van der Waals surface area contributed by atoms with E-state index in [2.05, 4.69) is 63.3 Å². The molecule has 0 fully saturated rings. The van der Waals surface area contributed by atoms with Gasteiger partial charge in [-0.25, -0.2) is 4.98 Å². The first-order chi connectivity index (χ1) is 12.3. The van der Waals surface area contributed by atoms with Crippen LogP contribution in [-0.4, -0.2) is 35.6 Å². The number of aliphatic imine (C=N–C) groups is 1. The number of halogens is 1. The number of guanidine groups is 1. The molecule has 0 aliphatic carbocycles. The van der Waals surface area contributed by atoms with Gasteiger partial charge in [0.2, 0.25) is 0 Å². The Labute approximate surface area is 174 Å². The fourth-order valence-electron chi connectivity index (χ4n) is 2.82. The Morgan fingerprint density at radius 3 is 2.54 bits per heavy atom. The summed E-state index contributed by atoms with van der Waals surface area (Å²) in [6, 6.07) is 10.5. The zero-order valence-corrected chi connectivity index (χ0v) is 18.4. The Balaban J connectivity index is 0.00000338. The molecule has 26 heavy (non-hydrogen) atoms. The summed E-state index contributed by atoms with van der Waals surface area (Å²) in [7, 11) is 1.82. The average Bonchev–Trinajstić information content (AvgIpc) is 3.08. The number of hydrogen-bond acceptors (Lipinski definition) is 2. The quantitative estimate of drug-likeness (QED) is 0.335. The summed E-state index contributed by atoms with van der Waals surface area (Å²) in [5.41, 5.74) is 1.29. The molecule has 1 aromatic heterocycles. The van der Waals surface area contributed by atoms with E-state index in [1.807, 2.05) is 25.5 Å². The third-order valence-electron chi connectivity index (χ3n) is 4.57. The predicted molar refractivity (Wildman–Crippen MR) is 120 cm³/mol. The van der Waals surface area contributed by atoms with Crippen molar-refractivity contribution in [3.05, 3.63) is 54.1 Å². The van der Waals surface area contributed by atoms with Gasteiger partial charge in [0, 0.05) is 45.5 Å². The second-order valence-electron chi connectivity index (χ2n) is 6.27. The summed E-state index contributed by atoms with van der Waals surface area (Å²) in [5.74, 6) is 2.66. The SMILES string of the molecule is CCC(CC)CNC(=NC)NCCc1nccn1Cc1ccccc1.I. The second kappa shape index (κ2) is 12.7. The number of benzene rings is 1. The fraction of sp³-hybridized carbons (Fsp3) is 0.500. The van der Waals surface area contributed by atoms with Crippen molar-refractivity contribution >= 4 is 29.9 Å². The first-order valence-corrected chi connectivity index (χ1v) is 9.25. The smallest absolute Gasteiger partial charge is 0.190 e. The van der Waals surface area contributed by atoms with Crippen LogP contribution in [0.25, 0.3) is 0 Å². The molecular weight excluding hydrogens is 437 g/mol. The average molecular weight is 469 g/mol. The Kier molecular flexibility index (Phi) is 11.0. The van der Waals surface area contributed by atoms with Gasteiger partial charge in [0.1, 0.15) is 5.82 Å². The molecule has 2 N–H and O–H groups in total. The molecule has 144 valence electrons. The van der Waals surface area contributed by atoms with E-state index in [1.54, 1.807) is 0 Å². The lowest BCUT2D eigenvalue weighted by atomic mass is 10.0. The molecule has 0 radical (unpaired) electrons. The van der Waals surface area contributed by atoms with E-state index in [0.717, 1.165) is 37.8 Å². The van der Waals surface area contributed by atoms with Crippen LogP contribution < -0.4 is 10.6 Å². The molecule has 0 bridgehead atoms. The summed E-state index contributed by atoms with van der Waals surface area (Å²) in [6.07, 6.45) is 7.17. The predicted octanol–water partition coefficient (Wildman–Crippen LogP) is 3.69. The summed E-state index contributed by atoms with van der Waals surface area (Å²) in [6.45, 7) is 7.11. The molecule has 0 spiro atoms. The normalized spacial score (nSPS) is 11.3. The van der Waals surface area contributed by atoms with Crippen LogP contribution >= 0.6 is 24.0 Å². The number of nitrogens with zero attached hydrogens (tertiary/aromatic N) is 3. The number of hydrogen-bond donors (Lipinski definition) is 2. The summed E-state index contributed by atoms with van der Waals surface area (Å²) in [5, 5.41) is 6.81. The molecule has 0 saturated carbocycles. The summed E-state index contributed by atoms with van der Waals surface area (Å²) in [4.78, 5) is 8.80. The highest BCUT2D eigenvalue weighted by Gasteiger charge is 2.06. The monoisotopic (exact) mass is 469 g/mol. The van der Waals surface area contributed by atoms with Gasteiger partial charge in [0.05, 0.1) is 0 Å². The molecule has 2 aromatic rings. The summed E-state index contributed by atoms with van der Waals surface area (Å²) >= 11 is 0. The minimum atomic E-state index is 0. The maximum atomic E-state index is 4.50. The third kappa shape index (κ3) is 7.35. The van der Waals surface area contributed by atoms with Crippen LogP contribution in [0.4, 0.5) is 0 Å². The van der Waals surface area contributed by atoms with Gasteiger partial charge in [0.15, 0.2) is 5.96 Å². The van der Waals surface area contributed by atoms with Crippen LogP contribution in [0.3, 0.4) is 0 Å². The van der Waals surface area contributed by atoms with E-state index >= 15 is 0 Å². The first-order valence-electron chi connectivity index (χ1n) is 9.25. The van der Waals surface area contributed by atoms with Crippen molar-refractivity contribution in [1.29, 1.82) is 0 Å². The van der Waals surface area contributed by atoms with Crippen LogP contribution in [0.5, 0.6) is 0 Å². The van der Waals surface area contributed by atoms with Gasteiger partial charge in [-0.1, -0.05) is 57.0 Å². The topological polar surface area (TPSA) is 54.2 Å². The van der Waals surface area contributed by atoms with Gasteiger partial charge in [0.25, 0.3) is 0 Å². The maximum Gasteiger partial charge on any atom is 0.190 e. The molecular formula is C20H32IN5. The molecule has 6 heteroatoms. The highest BCUT2D eigenvalue weighted by molar-refractivity contribution is 14.0. The van der Waals surface area contributed by atoms with Crippen LogP contribution in [0.15, 0.2) is 47.7 Å². The van der Waals surface area contributed by atoms with Crippen molar-refractivity contribution in [2.24, 2.45) is 10.9 Å². The number of nitrogens with one attached hydrogen (secondary N) is 2. The van der Waals surface area contributed by atoms with Crippen LogP contribution in [-0.2, 0) is 13.0 Å². The number of aromatic nitrogens is 2. The lowest BCUT2D eigenvalue weighted by Crippen LogP contribution is -2.40. The van der Waals surface area contributed by atoms with E-state index in [-0.39, 0.29) is 24.0 Å². The van der Waals surface area contributed by atoms with Gasteiger partial charge < -0.3 is 15.2 Å². The van der Waals surface area contributed by atoms with Gasteiger partial charge >= 0.3 is 0 Å². The molecule has 0 aliphatic rings. The molecule has 0 amide bonds. The lowest BCUT2D eigenvalue weighted by Gasteiger charge is -2.16. The maximum absolute atomic E-state index is 4.50. The van der Waals surface area contributed by atoms with Crippen molar-refractivity contribution in [2.75, 3.05) is 20.1 Å². The van der Waals surface area contributed by atoms with Crippen molar-refractivity contribution in [2.45, 2.75) is 39.7 Å². The highest BCUT2D eigenvalue weighted by atomic mass is 127. The van der Waals surface area contributed by atoms with Crippen LogP contribution in [0, 0.1) is 5.92 Å². The Bertz CT molecular complexity index is 635. The zero-order chi connectivity index (χ0) is 17.9. The molecule has 1 aromatic carbocycles. The first kappa shape index (κ1) is 22.5. The van der Waals surface area contributed by atoms with E-state index in [1.165, 1.54) is 18.4 Å². The van der Waals surface area contributed by atoms with Crippen molar-refractivity contribution in [3.63, 3.8) is 0 Å². The molecule has 5 nitrogen and oxygen atoms in total. The minimum absolute atomic E-state index is 0. The van der Waals surface area contributed by atoms with Gasteiger partial charge in [-0.3, -0.25) is 4.99 Å². The Morgan fingerprint density at radius 1 is 1.15 bits per heavy atom. The largest absolute Gasteiger partial charge is 0.356 e. The molecule has 0 saturated heterocycles. The highest BCUT2D eigenvalue weighted by Crippen LogP contribution is 2.06. The van der Waals surface area contributed by atoms with E-state index in [4.69, 9.17) is 0 Å². The standard InChI is InChI=1S/C20H31N5.HI/c1-4-17(5-2)15-24-20(21-3)23-12-11-19-22-13-14-25(19)16-18-9-7-6-8-10-18;/h6-10,13-14,17H,4-5,11-12,15-16H2,1-3H3,(H2,21,23,24);1H. The second-order valence-corrected chi connectivity index (χ2v) is 6.27. The van der Waals surface area contributed by atoms with E-state index in [9.17, 15) is 0 Å². The lowest BCUT2D eigenvalue weighted by molar-refractivity contribution is 0.481. The van der Waals surface area contributed by atoms with Crippen molar-refractivity contribution < 1.29 is 0 Å². The molecule has 0 aliphatic heterocycles. The van der Waals surface area contributed by atoms with Gasteiger partial charge in [-0.15, -0.1) is 24.0 Å².